The molecule has 1 heterocycles. The molecule has 19 heavy (non-hydrogen) atoms. The molecular formula is C13H14F2N2O2. The Hall–Kier alpha value is -1.82. The second kappa shape index (κ2) is 4.70. The lowest BCUT2D eigenvalue weighted by atomic mass is 10.00. The molecule has 1 aliphatic rings. The first-order valence-corrected chi connectivity index (χ1v) is 5.85. The van der Waals surface area contributed by atoms with E-state index >= 15 is 0 Å². The molecular weight excluding hydrogens is 254 g/mol. The van der Waals surface area contributed by atoms with E-state index in [1.807, 2.05) is 0 Å². The van der Waals surface area contributed by atoms with Gasteiger partial charge in [-0.3, -0.25) is 19.8 Å². The number of carbonyl (C=O) groups is 2. The van der Waals surface area contributed by atoms with Crippen molar-refractivity contribution in [2.75, 3.05) is 6.54 Å². The second-order valence-corrected chi connectivity index (χ2v) is 4.98. The topological polar surface area (TPSA) is 49.4 Å². The Labute approximate surface area is 109 Å². The van der Waals surface area contributed by atoms with Crippen molar-refractivity contribution in [3.8, 4) is 0 Å². The zero-order valence-corrected chi connectivity index (χ0v) is 10.7. The molecule has 1 fully saturated rings. The van der Waals surface area contributed by atoms with Gasteiger partial charge >= 0.3 is 0 Å². The Balaban J connectivity index is 2.28. The minimum atomic E-state index is -1.03. The average molecular weight is 268 g/mol. The quantitative estimate of drug-likeness (QED) is 0.820. The molecule has 1 saturated heterocycles. The minimum absolute atomic E-state index is 0.00429. The van der Waals surface area contributed by atoms with E-state index in [1.165, 1.54) is 12.1 Å². The zero-order valence-electron chi connectivity index (χ0n) is 10.7. The van der Waals surface area contributed by atoms with Crippen molar-refractivity contribution in [3.05, 3.63) is 35.4 Å². The standard InChI is InChI=1S/C13H14F2N2O2/c1-13(2)12(19)17(10(18)6-16-13)7-8-4-3-5-9(14)11(8)15/h3-5,16H,6-7H2,1-2H3. The number of benzene rings is 1. The number of hydrogen-bond acceptors (Lipinski definition) is 3. The van der Waals surface area contributed by atoms with Crippen LogP contribution in [0, 0.1) is 11.6 Å². The molecule has 0 spiro atoms. The summed E-state index contributed by atoms with van der Waals surface area (Å²) in [6.07, 6.45) is 0. The summed E-state index contributed by atoms with van der Waals surface area (Å²) in [5, 5.41) is 2.79. The molecule has 6 heteroatoms. The number of amides is 2. The third-order valence-corrected chi connectivity index (χ3v) is 3.12. The van der Waals surface area contributed by atoms with Crippen LogP contribution in [-0.4, -0.2) is 28.8 Å². The maximum Gasteiger partial charge on any atom is 0.249 e. The largest absolute Gasteiger partial charge is 0.295 e. The van der Waals surface area contributed by atoms with Gasteiger partial charge in [-0.2, -0.15) is 0 Å². The molecule has 102 valence electrons. The monoisotopic (exact) mass is 268 g/mol. The normalized spacial score (nSPS) is 18.8. The van der Waals surface area contributed by atoms with E-state index in [-0.39, 0.29) is 18.7 Å². The van der Waals surface area contributed by atoms with E-state index in [4.69, 9.17) is 0 Å². The molecule has 0 radical (unpaired) electrons. The zero-order chi connectivity index (χ0) is 14.2. The second-order valence-electron chi connectivity index (χ2n) is 4.98. The van der Waals surface area contributed by atoms with Crippen molar-refractivity contribution in [2.24, 2.45) is 0 Å². The van der Waals surface area contributed by atoms with Crippen molar-refractivity contribution < 1.29 is 18.4 Å². The Bertz CT molecular complexity index is 543. The van der Waals surface area contributed by atoms with Gasteiger partial charge in [0.05, 0.1) is 18.6 Å². The SMILES string of the molecule is CC1(C)NCC(=O)N(Cc2cccc(F)c2F)C1=O. The van der Waals surface area contributed by atoms with Crippen LogP contribution < -0.4 is 5.32 Å². The molecule has 1 aromatic carbocycles. The molecule has 1 aromatic rings. The van der Waals surface area contributed by atoms with Crippen LogP contribution >= 0.6 is 0 Å². The van der Waals surface area contributed by atoms with Crippen LogP contribution in [0.2, 0.25) is 0 Å². The lowest BCUT2D eigenvalue weighted by molar-refractivity contribution is -0.153. The number of rotatable bonds is 2. The van der Waals surface area contributed by atoms with E-state index < -0.39 is 29.0 Å². The molecule has 4 nitrogen and oxygen atoms in total. The molecule has 0 aliphatic carbocycles. The average Bonchev–Trinajstić information content (AvgIpc) is 2.35. The third kappa shape index (κ3) is 2.49. The highest BCUT2D eigenvalue weighted by molar-refractivity contribution is 6.02. The number of hydrogen-bond donors (Lipinski definition) is 1. The molecule has 1 N–H and O–H groups in total. The lowest BCUT2D eigenvalue weighted by Gasteiger charge is -2.36. The fraction of sp³-hybridized carbons (Fsp3) is 0.385. The van der Waals surface area contributed by atoms with Crippen molar-refractivity contribution in [1.82, 2.24) is 10.2 Å². The fourth-order valence-electron chi connectivity index (χ4n) is 1.92. The van der Waals surface area contributed by atoms with Crippen LogP contribution in [0.3, 0.4) is 0 Å². The Morgan fingerprint density at radius 1 is 1.32 bits per heavy atom. The Morgan fingerprint density at radius 3 is 2.68 bits per heavy atom. The number of carbonyl (C=O) groups excluding carboxylic acids is 2. The first-order valence-electron chi connectivity index (χ1n) is 5.85. The third-order valence-electron chi connectivity index (χ3n) is 3.12. The van der Waals surface area contributed by atoms with Crippen LogP contribution in [0.25, 0.3) is 0 Å². The summed E-state index contributed by atoms with van der Waals surface area (Å²) in [5.41, 5.74) is -0.906. The van der Waals surface area contributed by atoms with E-state index in [2.05, 4.69) is 5.32 Å². The van der Waals surface area contributed by atoms with Crippen molar-refractivity contribution >= 4 is 11.8 Å². The van der Waals surface area contributed by atoms with Crippen molar-refractivity contribution in [3.63, 3.8) is 0 Å². The van der Waals surface area contributed by atoms with Gasteiger partial charge in [0.2, 0.25) is 11.8 Å². The minimum Gasteiger partial charge on any atom is -0.295 e. The predicted molar refractivity (Wildman–Crippen MR) is 64.0 cm³/mol. The number of nitrogens with one attached hydrogen (secondary N) is 1. The summed E-state index contributed by atoms with van der Waals surface area (Å²) in [4.78, 5) is 24.8. The molecule has 2 amide bonds. The summed E-state index contributed by atoms with van der Waals surface area (Å²) in [5.74, 6) is -2.92. The fourth-order valence-corrected chi connectivity index (χ4v) is 1.92. The van der Waals surface area contributed by atoms with E-state index in [9.17, 15) is 18.4 Å². The van der Waals surface area contributed by atoms with E-state index in [1.54, 1.807) is 13.8 Å². The maximum absolute atomic E-state index is 13.6. The molecule has 0 atom stereocenters. The smallest absolute Gasteiger partial charge is 0.249 e. The van der Waals surface area contributed by atoms with Gasteiger partial charge in [0.15, 0.2) is 11.6 Å². The molecule has 0 unspecified atom stereocenters. The highest BCUT2D eigenvalue weighted by Gasteiger charge is 2.39. The van der Waals surface area contributed by atoms with Crippen LogP contribution in [0.1, 0.15) is 19.4 Å². The van der Waals surface area contributed by atoms with E-state index in [0.29, 0.717) is 0 Å². The first kappa shape index (κ1) is 13.6. The molecule has 2 rings (SSSR count). The number of imide groups is 1. The van der Waals surface area contributed by atoms with Gasteiger partial charge in [-0.1, -0.05) is 12.1 Å². The summed E-state index contributed by atoms with van der Waals surface area (Å²) in [6.45, 7) is 3.01. The molecule has 0 saturated carbocycles. The number of nitrogens with zero attached hydrogens (tertiary/aromatic N) is 1. The molecule has 0 bridgehead atoms. The molecule has 0 aromatic heterocycles. The van der Waals surface area contributed by atoms with Gasteiger partial charge in [-0.15, -0.1) is 0 Å². The van der Waals surface area contributed by atoms with Gasteiger partial charge < -0.3 is 0 Å². The Morgan fingerprint density at radius 2 is 2.00 bits per heavy atom. The number of piperazine rings is 1. The summed E-state index contributed by atoms with van der Waals surface area (Å²) in [7, 11) is 0. The Kier molecular flexibility index (Phi) is 3.36. The van der Waals surface area contributed by atoms with Gasteiger partial charge in [0.1, 0.15) is 0 Å². The van der Waals surface area contributed by atoms with Gasteiger partial charge in [-0.25, -0.2) is 8.78 Å². The van der Waals surface area contributed by atoms with Crippen LogP contribution in [0.4, 0.5) is 8.78 Å². The lowest BCUT2D eigenvalue weighted by Crippen LogP contribution is -2.63. The van der Waals surface area contributed by atoms with Gasteiger partial charge in [-0.05, 0) is 19.9 Å². The summed E-state index contributed by atoms with van der Waals surface area (Å²) < 4.78 is 26.7. The van der Waals surface area contributed by atoms with Gasteiger partial charge in [0, 0.05) is 5.56 Å². The van der Waals surface area contributed by atoms with Crippen molar-refractivity contribution in [1.29, 1.82) is 0 Å². The highest BCUT2D eigenvalue weighted by Crippen LogP contribution is 2.19. The van der Waals surface area contributed by atoms with Gasteiger partial charge in [0.25, 0.3) is 0 Å². The highest BCUT2D eigenvalue weighted by atomic mass is 19.2. The van der Waals surface area contributed by atoms with Crippen LogP contribution in [0.15, 0.2) is 18.2 Å². The van der Waals surface area contributed by atoms with E-state index in [0.717, 1.165) is 11.0 Å². The predicted octanol–water partition coefficient (Wildman–Crippen LogP) is 1.20. The maximum atomic E-state index is 13.6. The number of halogens is 2. The van der Waals surface area contributed by atoms with Crippen LogP contribution in [-0.2, 0) is 16.1 Å². The first-order chi connectivity index (χ1) is 8.83. The summed E-state index contributed by atoms with van der Waals surface area (Å²) >= 11 is 0. The van der Waals surface area contributed by atoms with Crippen LogP contribution in [0.5, 0.6) is 0 Å². The summed E-state index contributed by atoms with van der Waals surface area (Å²) in [6, 6.07) is 3.69. The molecule has 1 aliphatic heterocycles. The van der Waals surface area contributed by atoms with Crippen molar-refractivity contribution in [2.45, 2.75) is 25.9 Å².